The van der Waals surface area contributed by atoms with Crippen molar-refractivity contribution in [2.24, 2.45) is 0 Å². The summed E-state index contributed by atoms with van der Waals surface area (Å²) in [6.45, 7) is 6.47. The van der Waals surface area contributed by atoms with Crippen molar-refractivity contribution in [1.82, 2.24) is 4.57 Å². The zero-order chi connectivity index (χ0) is 30.6. The molecule has 1 aliphatic rings. The van der Waals surface area contributed by atoms with E-state index >= 15 is 0 Å². The molecule has 12 heteroatoms. The van der Waals surface area contributed by atoms with Gasteiger partial charge >= 0.3 is 23.9 Å². The number of hydrogen-bond donors (Lipinski definition) is 0. The van der Waals surface area contributed by atoms with Gasteiger partial charge in [-0.3, -0.25) is 19.2 Å². The minimum atomic E-state index is -1.27. The summed E-state index contributed by atoms with van der Waals surface area (Å²) in [7, 11) is 1.60. The monoisotopic (exact) mass is 599 g/mol. The second-order valence-corrected chi connectivity index (χ2v) is 10.9. The molecular weight excluding hydrogens is 566 g/mol. The summed E-state index contributed by atoms with van der Waals surface area (Å²) in [5.41, 5.74) is 1.72. The Morgan fingerprint density at radius 3 is 2.05 bits per heavy atom. The van der Waals surface area contributed by atoms with E-state index in [4.69, 9.17) is 28.4 Å². The summed E-state index contributed by atoms with van der Waals surface area (Å²) in [6, 6.07) is 13.5. The first-order valence-corrected chi connectivity index (χ1v) is 14.0. The van der Waals surface area contributed by atoms with Gasteiger partial charge in [0.1, 0.15) is 18.5 Å². The molecule has 1 saturated heterocycles. The number of aromatic nitrogens is 1. The lowest BCUT2D eigenvalue weighted by Crippen LogP contribution is -2.60. The van der Waals surface area contributed by atoms with Crippen molar-refractivity contribution in [2.45, 2.75) is 75.1 Å². The van der Waals surface area contributed by atoms with Crippen LogP contribution >= 0.6 is 11.8 Å². The van der Waals surface area contributed by atoms with Gasteiger partial charge in [0.05, 0.1) is 12.6 Å². The second kappa shape index (κ2) is 13.3. The van der Waals surface area contributed by atoms with Crippen LogP contribution in [0.15, 0.2) is 58.5 Å². The Kier molecular flexibility index (Phi) is 9.79. The lowest BCUT2D eigenvalue weighted by molar-refractivity contribution is -0.267. The highest BCUT2D eigenvalue weighted by molar-refractivity contribution is 7.99. The van der Waals surface area contributed by atoms with Gasteiger partial charge in [-0.25, -0.2) is 0 Å². The molecule has 224 valence electrons. The van der Waals surface area contributed by atoms with Gasteiger partial charge < -0.3 is 33.0 Å². The summed E-state index contributed by atoms with van der Waals surface area (Å²) in [6.07, 6.45) is -3.98. The lowest BCUT2D eigenvalue weighted by Gasteiger charge is -2.44. The highest BCUT2D eigenvalue weighted by Gasteiger charge is 2.53. The molecule has 1 fully saturated rings. The Morgan fingerprint density at radius 1 is 0.833 bits per heavy atom. The van der Waals surface area contributed by atoms with E-state index in [0.717, 1.165) is 32.0 Å². The molecule has 5 atom stereocenters. The molecule has 0 bridgehead atoms. The van der Waals surface area contributed by atoms with Crippen LogP contribution in [0, 0.1) is 6.92 Å². The number of carbonyl (C=O) groups is 4. The van der Waals surface area contributed by atoms with Crippen LogP contribution in [0.1, 0.15) is 39.5 Å². The van der Waals surface area contributed by atoms with Crippen molar-refractivity contribution in [3.8, 4) is 5.75 Å². The van der Waals surface area contributed by atoms with E-state index in [9.17, 15) is 19.2 Å². The Bertz CT molecular complexity index is 1470. The van der Waals surface area contributed by atoms with Gasteiger partial charge in [0, 0.05) is 49.1 Å². The second-order valence-electron chi connectivity index (χ2n) is 9.79. The fourth-order valence-corrected chi connectivity index (χ4v) is 5.80. The molecular formula is C30H33NO10S. The van der Waals surface area contributed by atoms with Crippen LogP contribution in [0.3, 0.4) is 0 Å². The number of nitrogens with zero attached hydrogens (tertiary/aromatic N) is 1. The van der Waals surface area contributed by atoms with Gasteiger partial charge in [0.2, 0.25) is 0 Å². The van der Waals surface area contributed by atoms with Gasteiger partial charge in [-0.1, -0.05) is 23.9 Å². The van der Waals surface area contributed by atoms with Gasteiger partial charge in [-0.15, -0.1) is 0 Å². The molecule has 2 aromatic carbocycles. The molecule has 1 aliphatic heterocycles. The number of esters is 4. The molecule has 0 unspecified atom stereocenters. The average Bonchev–Trinajstić information content (AvgIpc) is 3.26. The smallest absolute Gasteiger partial charge is 0.303 e. The Morgan fingerprint density at radius 2 is 1.45 bits per heavy atom. The van der Waals surface area contributed by atoms with Gasteiger partial charge in [0.25, 0.3) is 0 Å². The third-order valence-corrected chi connectivity index (χ3v) is 7.53. The summed E-state index contributed by atoms with van der Waals surface area (Å²) in [4.78, 5) is 50.2. The number of hydrogen-bond acceptors (Lipinski definition) is 11. The normalized spacial score (nSPS) is 21.8. The molecule has 4 rings (SSSR count). The zero-order valence-corrected chi connectivity index (χ0v) is 25.0. The fraction of sp³-hybridized carbons (Fsp3) is 0.400. The van der Waals surface area contributed by atoms with E-state index < -0.39 is 54.5 Å². The van der Waals surface area contributed by atoms with Crippen LogP contribution in [-0.4, -0.2) is 66.6 Å². The molecule has 2 heterocycles. The SMILES string of the molecule is COc1ccc(Sc2cn([C@@H]3O[C@H](COC(C)=O)[C@@H](OC(C)=O)[C@H](OC(C)=O)[C@H]3OC(C)=O)c3cc(C)ccc23)cc1. The van der Waals surface area contributed by atoms with Crippen molar-refractivity contribution >= 4 is 46.5 Å². The van der Waals surface area contributed by atoms with Crippen molar-refractivity contribution in [1.29, 1.82) is 0 Å². The van der Waals surface area contributed by atoms with Crippen molar-refractivity contribution in [2.75, 3.05) is 13.7 Å². The van der Waals surface area contributed by atoms with Crippen LogP contribution in [0.25, 0.3) is 10.9 Å². The molecule has 0 spiro atoms. The molecule has 0 aliphatic carbocycles. The van der Waals surface area contributed by atoms with E-state index in [1.807, 2.05) is 55.6 Å². The minimum absolute atomic E-state index is 0.306. The highest BCUT2D eigenvalue weighted by atomic mass is 32.2. The Hall–Kier alpha value is -4.03. The maximum absolute atomic E-state index is 12.3. The first-order chi connectivity index (χ1) is 20.0. The maximum atomic E-state index is 12.3. The predicted molar refractivity (Wildman–Crippen MR) is 151 cm³/mol. The first-order valence-electron chi connectivity index (χ1n) is 13.2. The van der Waals surface area contributed by atoms with Crippen LogP contribution in [0.2, 0.25) is 0 Å². The van der Waals surface area contributed by atoms with Crippen molar-refractivity contribution in [3.63, 3.8) is 0 Å². The Balaban J connectivity index is 1.85. The van der Waals surface area contributed by atoms with Gasteiger partial charge in [-0.2, -0.15) is 0 Å². The van der Waals surface area contributed by atoms with Crippen molar-refractivity contribution in [3.05, 3.63) is 54.2 Å². The first kappa shape index (κ1) is 30.9. The van der Waals surface area contributed by atoms with Crippen LogP contribution < -0.4 is 4.74 Å². The summed E-state index contributed by atoms with van der Waals surface area (Å²) < 4.78 is 35.6. The van der Waals surface area contributed by atoms with Crippen LogP contribution in [-0.2, 0) is 42.9 Å². The summed E-state index contributed by atoms with van der Waals surface area (Å²) in [5, 5.41) is 0.897. The lowest BCUT2D eigenvalue weighted by atomic mass is 9.97. The molecule has 0 radical (unpaired) electrons. The number of benzene rings is 2. The third-order valence-electron chi connectivity index (χ3n) is 6.48. The molecule has 11 nitrogen and oxygen atoms in total. The van der Waals surface area contributed by atoms with Crippen molar-refractivity contribution < 1.29 is 47.6 Å². The predicted octanol–water partition coefficient (Wildman–Crippen LogP) is 4.37. The average molecular weight is 600 g/mol. The van der Waals surface area contributed by atoms with Crippen LogP contribution in [0.4, 0.5) is 0 Å². The fourth-order valence-electron chi connectivity index (χ4n) is 4.82. The Labute approximate surface area is 247 Å². The topological polar surface area (TPSA) is 129 Å². The summed E-state index contributed by atoms with van der Waals surface area (Å²) >= 11 is 1.51. The molecule has 0 amide bonds. The van der Waals surface area contributed by atoms with E-state index in [1.165, 1.54) is 39.5 Å². The van der Waals surface area contributed by atoms with E-state index in [2.05, 4.69) is 0 Å². The largest absolute Gasteiger partial charge is 0.497 e. The highest BCUT2D eigenvalue weighted by Crippen LogP contribution is 2.41. The van der Waals surface area contributed by atoms with E-state index in [-0.39, 0.29) is 6.61 Å². The standard InChI is InChI=1S/C30H33NO10S/c1-16-7-12-23-24(13-16)31(14-26(23)42-22-10-8-21(36-6)9-11-22)30-29(40-20(5)35)28(39-19(4)34)27(38-18(3)33)25(41-30)15-37-17(2)32/h7-14,25,27-30H,15H2,1-6H3/t25-,27-,28+,29-,30-/m1/s1. The third kappa shape index (κ3) is 7.24. The maximum Gasteiger partial charge on any atom is 0.303 e. The van der Waals surface area contributed by atoms with Gasteiger partial charge in [-0.05, 0) is 42.8 Å². The molecule has 0 N–H and O–H groups in total. The van der Waals surface area contributed by atoms with Gasteiger partial charge in [0.15, 0.2) is 24.5 Å². The number of aryl methyl sites for hydroxylation is 1. The van der Waals surface area contributed by atoms with E-state index in [0.29, 0.717) is 0 Å². The molecule has 3 aromatic rings. The molecule has 0 saturated carbocycles. The van der Waals surface area contributed by atoms with Crippen LogP contribution in [0.5, 0.6) is 5.75 Å². The molecule has 1 aromatic heterocycles. The number of fused-ring (bicyclic) bond motifs is 1. The van der Waals surface area contributed by atoms with E-state index in [1.54, 1.807) is 11.7 Å². The number of ether oxygens (including phenoxy) is 6. The minimum Gasteiger partial charge on any atom is -0.497 e. The number of rotatable bonds is 9. The molecule has 42 heavy (non-hydrogen) atoms. The summed E-state index contributed by atoms with van der Waals surface area (Å²) in [5.74, 6) is -1.89. The number of methoxy groups -OCH3 is 1. The number of carbonyl (C=O) groups excluding carboxylic acids is 4. The zero-order valence-electron chi connectivity index (χ0n) is 24.2. The quantitative estimate of drug-likeness (QED) is 0.257.